The minimum Gasteiger partial charge on any atom is -0.456 e. The molecule has 1 fully saturated rings. The molecule has 108 valence electrons. The van der Waals surface area contributed by atoms with Crippen LogP contribution in [0.3, 0.4) is 0 Å². The van der Waals surface area contributed by atoms with E-state index in [9.17, 15) is 9.59 Å². The van der Waals surface area contributed by atoms with Crippen molar-refractivity contribution in [3.8, 4) is 0 Å². The van der Waals surface area contributed by atoms with Crippen molar-refractivity contribution in [3.63, 3.8) is 0 Å². The number of thiol groups is 1. The quantitative estimate of drug-likeness (QED) is 0.673. The lowest BCUT2D eigenvalue weighted by atomic mass is 10.1. The molecule has 0 bridgehead atoms. The molecule has 1 aromatic carbocycles. The molecule has 0 N–H and O–H groups in total. The van der Waals surface area contributed by atoms with Gasteiger partial charge in [0.15, 0.2) is 0 Å². The monoisotopic (exact) mass is 293 g/mol. The van der Waals surface area contributed by atoms with E-state index in [1.165, 1.54) is 0 Å². The highest BCUT2D eigenvalue weighted by molar-refractivity contribution is 7.81. The molecule has 2 rings (SSSR count). The number of nitrogens with zero attached hydrogens (tertiary/aromatic N) is 1. The molecule has 0 radical (unpaired) electrons. The molecular formula is C15H19NO3S. The van der Waals surface area contributed by atoms with Gasteiger partial charge in [0.25, 0.3) is 0 Å². The molecular weight excluding hydrogens is 274 g/mol. The molecule has 4 nitrogen and oxygen atoms in total. The summed E-state index contributed by atoms with van der Waals surface area (Å²) in [5.74, 6) is -0.347. The zero-order chi connectivity index (χ0) is 14.9. The largest absolute Gasteiger partial charge is 0.456 e. The summed E-state index contributed by atoms with van der Waals surface area (Å²) in [7, 11) is 0. The van der Waals surface area contributed by atoms with Crippen LogP contribution in [0.15, 0.2) is 24.3 Å². The summed E-state index contributed by atoms with van der Waals surface area (Å²) < 4.78 is 5.33. The average molecular weight is 293 g/mol. The second-order valence-corrected chi connectivity index (χ2v) is 6.64. The van der Waals surface area contributed by atoms with E-state index in [0.29, 0.717) is 18.5 Å². The number of esters is 1. The third kappa shape index (κ3) is 3.54. The van der Waals surface area contributed by atoms with Crippen molar-refractivity contribution in [2.75, 3.05) is 11.4 Å². The van der Waals surface area contributed by atoms with Crippen LogP contribution in [0.25, 0.3) is 0 Å². The zero-order valence-electron chi connectivity index (χ0n) is 11.9. The summed E-state index contributed by atoms with van der Waals surface area (Å²) in [6.45, 7) is 6.04. The van der Waals surface area contributed by atoms with E-state index in [-0.39, 0.29) is 17.1 Å². The van der Waals surface area contributed by atoms with Gasteiger partial charge in [0, 0.05) is 23.9 Å². The number of ether oxygens (including phenoxy) is 1. The Bertz CT molecular complexity index is 536. The van der Waals surface area contributed by atoms with Gasteiger partial charge in [-0.1, -0.05) is 6.07 Å². The first-order valence-corrected chi connectivity index (χ1v) is 7.10. The van der Waals surface area contributed by atoms with Crippen LogP contribution in [0.2, 0.25) is 0 Å². The molecule has 1 aliphatic heterocycles. The van der Waals surface area contributed by atoms with Gasteiger partial charge in [-0.05, 0) is 39.0 Å². The minimum atomic E-state index is -0.535. The summed E-state index contributed by atoms with van der Waals surface area (Å²) >= 11 is 4.33. The molecule has 1 amide bonds. The predicted octanol–water partition coefficient (Wildman–Crippen LogP) is 2.68. The Balaban J connectivity index is 2.20. The van der Waals surface area contributed by atoms with Crippen molar-refractivity contribution in [3.05, 3.63) is 29.8 Å². The molecule has 1 saturated heterocycles. The molecule has 1 atom stereocenters. The lowest BCUT2D eigenvalue weighted by Gasteiger charge is -2.20. The fourth-order valence-electron chi connectivity index (χ4n) is 2.08. The molecule has 0 aliphatic carbocycles. The maximum atomic E-state index is 12.0. The van der Waals surface area contributed by atoms with E-state index >= 15 is 0 Å². The number of hydrogen-bond donors (Lipinski definition) is 1. The third-order valence-electron chi connectivity index (χ3n) is 2.90. The average Bonchev–Trinajstić information content (AvgIpc) is 2.66. The Labute approximate surface area is 124 Å². The van der Waals surface area contributed by atoms with Gasteiger partial charge in [-0.2, -0.15) is 12.6 Å². The zero-order valence-corrected chi connectivity index (χ0v) is 12.8. The number of carbonyl (C=O) groups excluding carboxylic acids is 2. The van der Waals surface area contributed by atoms with Crippen molar-refractivity contribution in [1.82, 2.24) is 0 Å². The Morgan fingerprint density at radius 2 is 2.10 bits per heavy atom. The van der Waals surface area contributed by atoms with Crippen LogP contribution in [0.1, 0.15) is 37.6 Å². The highest BCUT2D eigenvalue weighted by Crippen LogP contribution is 2.25. The summed E-state index contributed by atoms with van der Waals surface area (Å²) in [5, 5.41) is 0.0488. The van der Waals surface area contributed by atoms with Gasteiger partial charge in [-0.3, -0.25) is 4.79 Å². The maximum absolute atomic E-state index is 12.0. The molecule has 0 aromatic heterocycles. The smallest absolute Gasteiger partial charge is 0.338 e. The second-order valence-electron chi connectivity index (χ2n) is 5.91. The standard InChI is InChI=1S/C15H19NO3S/c1-15(2,3)19-14(18)10-5-4-6-11(7-10)16-9-12(20)8-13(16)17/h4-7,12,20H,8-9H2,1-3H3. The summed E-state index contributed by atoms with van der Waals surface area (Å²) in [6.07, 6.45) is 0.430. The first kappa shape index (κ1) is 14.9. The van der Waals surface area contributed by atoms with E-state index in [0.717, 1.165) is 5.69 Å². The minimum absolute atomic E-state index is 0.0336. The number of amides is 1. The van der Waals surface area contributed by atoms with Gasteiger partial charge in [0.05, 0.1) is 5.56 Å². The normalized spacial score (nSPS) is 19.3. The lowest BCUT2D eigenvalue weighted by molar-refractivity contribution is -0.117. The molecule has 20 heavy (non-hydrogen) atoms. The van der Waals surface area contributed by atoms with Crippen LogP contribution in [0.5, 0.6) is 0 Å². The second kappa shape index (κ2) is 5.48. The van der Waals surface area contributed by atoms with Gasteiger partial charge >= 0.3 is 5.97 Å². The number of carbonyl (C=O) groups is 2. The van der Waals surface area contributed by atoms with E-state index in [4.69, 9.17) is 4.74 Å². The molecule has 1 unspecified atom stereocenters. The van der Waals surface area contributed by atoms with Crippen LogP contribution in [-0.2, 0) is 9.53 Å². The molecule has 1 aromatic rings. The van der Waals surface area contributed by atoms with Crippen LogP contribution >= 0.6 is 12.6 Å². The fourth-order valence-corrected chi connectivity index (χ4v) is 2.40. The van der Waals surface area contributed by atoms with Crippen LogP contribution in [0, 0.1) is 0 Å². The Morgan fingerprint density at radius 1 is 1.40 bits per heavy atom. The van der Waals surface area contributed by atoms with Gasteiger partial charge in [-0.25, -0.2) is 4.79 Å². The van der Waals surface area contributed by atoms with E-state index < -0.39 is 5.60 Å². The first-order valence-electron chi connectivity index (χ1n) is 6.58. The number of hydrogen-bond acceptors (Lipinski definition) is 4. The number of rotatable bonds is 2. The lowest BCUT2D eigenvalue weighted by Crippen LogP contribution is -2.26. The third-order valence-corrected chi connectivity index (χ3v) is 3.24. The van der Waals surface area contributed by atoms with Gasteiger partial charge in [-0.15, -0.1) is 0 Å². The van der Waals surface area contributed by atoms with Crippen molar-refractivity contribution < 1.29 is 14.3 Å². The molecule has 1 aliphatic rings. The summed E-state index contributed by atoms with van der Waals surface area (Å²) in [6, 6.07) is 6.96. The Kier molecular flexibility index (Phi) is 4.09. The van der Waals surface area contributed by atoms with Crippen molar-refractivity contribution in [2.24, 2.45) is 0 Å². The van der Waals surface area contributed by atoms with Crippen LogP contribution in [-0.4, -0.2) is 29.3 Å². The number of anilines is 1. The van der Waals surface area contributed by atoms with Gasteiger partial charge in [0.2, 0.25) is 5.91 Å². The Morgan fingerprint density at radius 3 is 2.65 bits per heavy atom. The molecule has 1 heterocycles. The van der Waals surface area contributed by atoms with Gasteiger partial charge < -0.3 is 9.64 Å². The predicted molar refractivity (Wildman–Crippen MR) is 81.4 cm³/mol. The Hall–Kier alpha value is -1.49. The highest BCUT2D eigenvalue weighted by Gasteiger charge is 2.28. The molecule has 0 spiro atoms. The summed E-state index contributed by atoms with van der Waals surface area (Å²) in [5.41, 5.74) is 0.634. The van der Waals surface area contributed by atoms with E-state index in [1.807, 2.05) is 26.8 Å². The topological polar surface area (TPSA) is 46.6 Å². The van der Waals surface area contributed by atoms with E-state index in [1.54, 1.807) is 23.1 Å². The molecule has 0 saturated carbocycles. The van der Waals surface area contributed by atoms with Crippen molar-refractivity contribution >= 4 is 30.2 Å². The summed E-state index contributed by atoms with van der Waals surface area (Å²) in [4.78, 5) is 25.5. The van der Waals surface area contributed by atoms with Gasteiger partial charge in [0.1, 0.15) is 5.60 Å². The van der Waals surface area contributed by atoms with Crippen LogP contribution in [0.4, 0.5) is 5.69 Å². The fraction of sp³-hybridized carbons (Fsp3) is 0.467. The molecule has 5 heteroatoms. The van der Waals surface area contributed by atoms with Crippen molar-refractivity contribution in [1.29, 1.82) is 0 Å². The number of benzene rings is 1. The van der Waals surface area contributed by atoms with Crippen molar-refractivity contribution in [2.45, 2.75) is 38.0 Å². The maximum Gasteiger partial charge on any atom is 0.338 e. The van der Waals surface area contributed by atoms with E-state index in [2.05, 4.69) is 12.6 Å². The first-order chi connectivity index (χ1) is 9.26. The van der Waals surface area contributed by atoms with Crippen LogP contribution < -0.4 is 4.90 Å². The SMILES string of the molecule is CC(C)(C)OC(=O)c1cccc(N2CC(S)CC2=O)c1. The highest BCUT2D eigenvalue weighted by atomic mass is 32.1.